The Morgan fingerprint density at radius 3 is 2.19 bits per heavy atom. The van der Waals surface area contributed by atoms with Crippen LogP contribution in [0.2, 0.25) is 0 Å². The van der Waals surface area contributed by atoms with Crippen molar-refractivity contribution in [3.05, 3.63) is 52.5 Å². The molecule has 0 radical (unpaired) electrons. The summed E-state index contributed by atoms with van der Waals surface area (Å²) in [6, 6.07) is 13.2. The minimum Gasteiger partial charge on any atom is -0.497 e. The first-order valence-corrected chi connectivity index (χ1v) is 7.19. The standard InChI is InChI=1S/C16H17BrO4/c1-18-11-20-10-12-3-4-15(9-16(12)17)21-14-7-5-13(19-2)6-8-14/h3-9H,10-11H2,1-2H3. The molecule has 0 saturated carbocycles. The lowest BCUT2D eigenvalue weighted by Crippen LogP contribution is -1.97. The molecule has 0 spiro atoms. The molecule has 2 rings (SSSR count). The SMILES string of the molecule is COCOCc1ccc(Oc2ccc(OC)cc2)cc1Br. The van der Waals surface area contributed by atoms with E-state index in [1.54, 1.807) is 14.2 Å². The fourth-order valence-corrected chi connectivity index (χ4v) is 2.20. The molecule has 0 aliphatic heterocycles. The highest BCUT2D eigenvalue weighted by atomic mass is 79.9. The lowest BCUT2D eigenvalue weighted by atomic mass is 10.2. The first kappa shape index (κ1) is 15.8. The van der Waals surface area contributed by atoms with Crippen molar-refractivity contribution >= 4 is 15.9 Å². The molecule has 0 aliphatic rings. The number of rotatable bonds is 7. The maximum atomic E-state index is 5.79. The van der Waals surface area contributed by atoms with Crippen LogP contribution in [0, 0.1) is 0 Å². The normalized spacial score (nSPS) is 10.4. The molecule has 0 aromatic heterocycles. The second kappa shape index (κ2) is 8.02. The van der Waals surface area contributed by atoms with Crippen molar-refractivity contribution in [3.63, 3.8) is 0 Å². The average Bonchev–Trinajstić information content (AvgIpc) is 2.50. The second-order valence-corrected chi connectivity index (χ2v) is 5.14. The van der Waals surface area contributed by atoms with Gasteiger partial charge in [0.15, 0.2) is 0 Å². The van der Waals surface area contributed by atoms with Crippen LogP contribution in [0.4, 0.5) is 0 Å². The first-order chi connectivity index (χ1) is 10.2. The predicted octanol–water partition coefficient (Wildman–Crippen LogP) is 4.37. The van der Waals surface area contributed by atoms with Crippen molar-refractivity contribution in [1.82, 2.24) is 0 Å². The quantitative estimate of drug-likeness (QED) is 0.547. The molecule has 0 atom stereocenters. The van der Waals surface area contributed by atoms with E-state index in [-0.39, 0.29) is 6.79 Å². The highest BCUT2D eigenvalue weighted by Crippen LogP contribution is 2.28. The Hall–Kier alpha value is -1.56. The molecule has 21 heavy (non-hydrogen) atoms. The Kier molecular flexibility index (Phi) is 6.04. The van der Waals surface area contributed by atoms with E-state index in [1.807, 2.05) is 42.5 Å². The smallest absolute Gasteiger partial charge is 0.146 e. The third-order valence-corrected chi connectivity index (χ3v) is 3.52. The summed E-state index contributed by atoms with van der Waals surface area (Å²) in [5.41, 5.74) is 1.04. The van der Waals surface area contributed by atoms with Crippen molar-refractivity contribution in [2.75, 3.05) is 21.0 Å². The van der Waals surface area contributed by atoms with Crippen molar-refractivity contribution in [3.8, 4) is 17.2 Å². The van der Waals surface area contributed by atoms with Gasteiger partial charge in [0, 0.05) is 11.6 Å². The molecule has 0 heterocycles. The van der Waals surface area contributed by atoms with Gasteiger partial charge < -0.3 is 18.9 Å². The van der Waals surface area contributed by atoms with E-state index >= 15 is 0 Å². The van der Waals surface area contributed by atoms with E-state index in [4.69, 9.17) is 18.9 Å². The van der Waals surface area contributed by atoms with E-state index in [9.17, 15) is 0 Å². The fourth-order valence-electron chi connectivity index (χ4n) is 1.72. The van der Waals surface area contributed by atoms with Gasteiger partial charge in [0.25, 0.3) is 0 Å². The maximum absolute atomic E-state index is 5.79. The molecule has 4 nitrogen and oxygen atoms in total. The molecule has 0 amide bonds. The average molecular weight is 353 g/mol. The number of benzene rings is 2. The largest absolute Gasteiger partial charge is 0.497 e. The Bertz CT molecular complexity index is 569. The van der Waals surface area contributed by atoms with E-state index in [0.29, 0.717) is 6.61 Å². The van der Waals surface area contributed by atoms with Gasteiger partial charge >= 0.3 is 0 Å². The highest BCUT2D eigenvalue weighted by molar-refractivity contribution is 9.10. The Morgan fingerprint density at radius 1 is 0.905 bits per heavy atom. The summed E-state index contributed by atoms with van der Waals surface area (Å²) in [5, 5.41) is 0. The van der Waals surface area contributed by atoms with E-state index in [1.165, 1.54) is 0 Å². The van der Waals surface area contributed by atoms with Crippen LogP contribution >= 0.6 is 15.9 Å². The van der Waals surface area contributed by atoms with Crippen LogP contribution in [0.3, 0.4) is 0 Å². The maximum Gasteiger partial charge on any atom is 0.146 e. The highest BCUT2D eigenvalue weighted by Gasteiger charge is 2.04. The van der Waals surface area contributed by atoms with Gasteiger partial charge in [-0.1, -0.05) is 22.0 Å². The molecular weight excluding hydrogens is 336 g/mol. The van der Waals surface area contributed by atoms with Crippen molar-refractivity contribution in [2.45, 2.75) is 6.61 Å². The third kappa shape index (κ3) is 4.74. The van der Waals surface area contributed by atoms with E-state index in [2.05, 4.69) is 15.9 Å². The summed E-state index contributed by atoms with van der Waals surface area (Å²) in [6.07, 6.45) is 0. The molecule has 2 aromatic rings. The number of ether oxygens (including phenoxy) is 4. The van der Waals surface area contributed by atoms with Crippen molar-refractivity contribution in [2.24, 2.45) is 0 Å². The summed E-state index contributed by atoms with van der Waals surface area (Å²) >= 11 is 3.51. The Labute approximate surface area is 132 Å². The summed E-state index contributed by atoms with van der Waals surface area (Å²) in [6.45, 7) is 0.758. The second-order valence-electron chi connectivity index (χ2n) is 4.29. The molecule has 0 N–H and O–H groups in total. The first-order valence-electron chi connectivity index (χ1n) is 6.40. The zero-order valence-corrected chi connectivity index (χ0v) is 13.6. The predicted molar refractivity (Wildman–Crippen MR) is 83.9 cm³/mol. The molecule has 5 heteroatoms. The van der Waals surface area contributed by atoms with Crippen LogP contribution in [0.25, 0.3) is 0 Å². The van der Waals surface area contributed by atoms with Crippen molar-refractivity contribution < 1.29 is 18.9 Å². The monoisotopic (exact) mass is 352 g/mol. The van der Waals surface area contributed by atoms with Crippen LogP contribution < -0.4 is 9.47 Å². The number of halogens is 1. The van der Waals surface area contributed by atoms with Gasteiger partial charge in [-0.15, -0.1) is 0 Å². The van der Waals surface area contributed by atoms with Crippen LogP contribution in [0.15, 0.2) is 46.9 Å². The van der Waals surface area contributed by atoms with Crippen LogP contribution in [-0.4, -0.2) is 21.0 Å². The molecule has 0 aliphatic carbocycles. The minimum absolute atomic E-state index is 0.274. The van der Waals surface area contributed by atoms with E-state index < -0.39 is 0 Å². The van der Waals surface area contributed by atoms with Gasteiger partial charge in [-0.25, -0.2) is 0 Å². The summed E-state index contributed by atoms with van der Waals surface area (Å²) < 4.78 is 22.0. The summed E-state index contributed by atoms with van der Waals surface area (Å²) in [5.74, 6) is 2.31. The molecular formula is C16H17BrO4. The summed E-state index contributed by atoms with van der Waals surface area (Å²) in [7, 11) is 3.23. The Morgan fingerprint density at radius 2 is 1.57 bits per heavy atom. The molecule has 0 unspecified atom stereocenters. The molecule has 0 saturated heterocycles. The number of hydrogen-bond donors (Lipinski definition) is 0. The third-order valence-electron chi connectivity index (χ3n) is 2.78. The lowest BCUT2D eigenvalue weighted by Gasteiger charge is -2.10. The zero-order valence-electron chi connectivity index (χ0n) is 12.0. The Balaban J connectivity index is 2.01. The fraction of sp³-hybridized carbons (Fsp3) is 0.250. The van der Waals surface area contributed by atoms with Gasteiger partial charge in [0.2, 0.25) is 0 Å². The van der Waals surface area contributed by atoms with Crippen LogP contribution in [0.5, 0.6) is 17.2 Å². The van der Waals surface area contributed by atoms with Crippen LogP contribution in [0.1, 0.15) is 5.56 Å². The lowest BCUT2D eigenvalue weighted by molar-refractivity contribution is -0.0392. The van der Waals surface area contributed by atoms with Crippen molar-refractivity contribution in [1.29, 1.82) is 0 Å². The van der Waals surface area contributed by atoms with Gasteiger partial charge in [0.05, 0.1) is 13.7 Å². The van der Waals surface area contributed by atoms with Gasteiger partial charge in [0.1, 0.15) is 24.0 Å². The molecule has 2 aromatic carbocycles. The van der Waals surface area contributed by atoms with Gasteiger partial charge in [-0.05, 0) is 42.0 Å². The van der Waals surface area contributed by atoms with Gasteiger partial charge in [-0.2, -0.15) is 0 Å². The molecule has 0 fully saturated rings. The zero-order chi connectivity index (χ0) is 15.1. The summed E-state index contributed by atoms with van der Waals surface area (Å²) in [4.78, 5) is 0. The van der Waals surface area contributed by atoms with E-state index in [0.717, 1.165) is 27.3 Å². The minimum atomic E-state index is 0.274. The van der Waals surface area contributed by atoms with Crippen LogP contribution in [-0.2, 0) is 16.1 Å². The number of hydrogen-bond acceptors (Lipinski definition) is 4. The number of methoxy groups -OCH3 is 2. The topological polar surface area (TPSA) is 36.9 Å². The van der Waals surface area contributed by atoms with Gasteiger partial charge in [-0.3, -0.25) is 0 Å². The molecule has 112 valence electrons. The molecule has 0 bridgehead atoms.